The molecule has 2 N–H and O–H groups in total. The second-order valence-electron chi connectivity index (χ2n) is 4.58. The van der Waals surface area contributed by atoms with E-state index >= 15 is 0 Å². The molecule has 5 nitrogen and oxygen atoms in total. The summed E-state index contributed by atoms with van der Waals surface area (Å²) in [5.74, 6) is 0.446. The Morgan fingerprint density at radius 3 is 2.70 bits per heavy atom. The number of aromatic nitrogens is 4. The molecular weight excluding hydrogens is 250 g/mol. The Hall–Kier alpha value is -2.95. The van der Waals surface area contributed by atoms with Crippen molar-refractivity contribution in [3.8, 4) is 5.69 Å². The predicted octanol–water partition coefficient (Wildman–Crippen LogP) is 2.55. The lowest BCUT2D eigenvalue weighted by atomic mass is 10.1. The Balaban J connectivity index is 1.99. The Bertz CT molecular complexity index is 926. The summed E-state index contributed by atoms with van der Waals surface area (Å²) in [7, 11) is 0. The Kier molecular flexibility index (Phi) is 2.20. The molecule has 0 amide bonds. The number of anilines is 1. The van der Waals surface area contributed by atoms with E-state index in [1.54, 1.807) is 10.9 Å². The molecule has 0 bridgehead atoms. The molecular formula is C15H11N5. The summed E-state index contributed by atoms with van der Waals surface area (Å²) in [6.07, 6.45) is 3.15. The molecule has 96 valence electrons. The average Bonchev–Trinajstić information content (AvgIpc) is 2.92. The van der Waals surface area contributed by atoms with Crippen molar-refractivity contribution >= 4 is 27.6 Å². The van der Waals surface area contributed by atoms with Gasteiger partial charge in [0.15, 0.2) is 5.65 Å². The van der Waals surface area contributed by atoms with E-state index in [9.17, 15) is 0 Å². The first-order chi connectivity index (χ1) is 9.83. The molecule has 2 aromatic carbocycles. The van der Waals surface area contributed by atoms with Gasteiger partial charge in [0, 0.05) is 0 Å². The van der Waals surface area contributed by atoms with Gasteiger partial charge in [-0.25, -0.2) is 14.6 Å². The van der Waals surface area contributed by atoms with Crippen LogP contribution in [0, 0.1) is 0 Å². The maximum absolute atomic E-state index is 5.83. The summed E-state index contributed by atoms with van der Waals surface area (Å²) in [5, 5.41) is 7.49. The van der Waals surface area contributed by atoms with Crippen LogP contribution in [-0.2, 0) is 0 Å². The minimum atomic E-state index is 0.446. The predicted molar refractivity (Wildman–Crippen MR) is 78.6 cm³/mol. The normalized spacial score (nSPS) is 11.2. The highest BCUT2D eigenvalue weighted by molar-refractivity contribution is 5.88. The standard InChI is InChI=1S/C15H11N5/c16-14-13-8-19-20(15(13)18-9-17-14)12-6-5-10-3-1-2-4-11(10)7-12/h1-9H,(H2,16,17,18). The monoisotopic (exact) mass is 261 g/mol. The highest BCUT2D eigenvalue weighted by Gasteiger charge is 2.09. The zero-order chi connectivity index (χ0) is 13.5. The van der Waals surface area contributed by atoms with Gasteiger partial charge in [-0.05, 0) is 22.9 Å². The lowest BCUT2D eigenvalue weighted by molar-refractivity contribution is 0.897. The third-order valence-electron chi connectivity index (χ3n) is 3.37. The molecule has 0 unspecified atom stereocenters. The number of fused-ring (bicyclic) bond motifs is 2. The largest absolute Gasteiger partial charge is 0.383 e. The maximum atomic E-state index is 5.83. The number of benzene rings is 2. The number of rotatable bonds is 1. The quantitative estimate of drug-likeness (QED) is 0.571. The van der Waals surface area contributed by atoms with Crippen LogP contribution in [-0.4, -0.2) is 19.7 Å². The summed E-state index contributed by atoms with van der Waals surface area (Å²) >= 11 is 0. The number of nitrogen functional groups attached to an aromatic ring is 1. The van der Waals surface area contributed by atoms with Crippen LogP contribution in [0.5, 0.6) is 0 Å². The fraction of sp³-hybridized carbons (Fsp3) is 0. The first-order valence-electron chi connectivity index (χ1n) is 6.26. The van der Waals surface area contributed by atoms with E-state index in [0.29, 0.717) is 11.5 Å². The van der Waals surface area contributed by atoms with E-state index in [2.05, 4.69) is 39.3 Å². The van der Waals surface area contributed by atoms with E-state index in [1.807, 2.05) is 18.2 Å². The van der Waals surface area contributed by atoms with Gasteiger partial charge in [-0.15, -0.1) is 0 Å². The number of nitrogens with zero attached hydrogens (tertiary/aromatic N) is 4. The van der Waals surface area contributed by atoms with Gasteiger partial charge in [0.25, 0.3) is 0 Å². The molecule has 0 aliphatic rings. The van der Waals surface area contributed by atoms with Gasteiger partial charge in [0.2, 0.25) is 0 Å². The van der Waals surface area contributed by atoms with Crippen LogP contribution in [0.3, 0.4) is 0 Å². The van der Waals surface area contributed by atoms with Gasteiger partial charge in [-0.2, -0.15) is 5.10 Å². The number of nitrogens with two attached hydrogens (primary N) is 1. The van der Waals surface area contributed by atoms with Crippen molar-refractivity contribution in [1.82, 2.24) is 19.7 Å². The Morgan fingerprint density at radius 1 is 0.950 bits per heavy atom. The van der Waals surface area contributed by atoms with E-state index in [-0.39, 0.29) is 0 Å². The lowest BCUT2D eigenvalue weighted by Gasteiger charge is -2.05. The molecule has 0 fully saturated rings. The number of hydrogen-bond acceptors (Lipinski definition) is 4. The van der Waals surface area contributed by atoms with Crippen LogP contribution in [0.15, 0.2) is 55.0 Å². The van der Waals surface area contributed by atoms with Crippen molar-refractivity contribution in [2.45, 2.75) is 0 Å². The Morgan fingerprint density at radius 2 is 1.80 bits per heavy atom. The first-order valence-corrected chi connectivity index (χ1v) is 6.26. The third kappa shape index (κ3) is 1.53. The molecule has 4 rings (SSSR count). The molecule has 0 aliphatic carbocycles. The van der Waals surface area contributed by atoms with Crippen molar-refractivity contribution < 1.29 is 0 Å². The van der Waals surface area contributed by atoms with Crippen LogP contribution in [0.25, 0.3) is 27.5 Å². The average molecular weight is 261 g/mol. The van der Waals surface area contributed by atoms with E-state index < -0.39 is 0 Å². The van der Waals surface area contributed by atoms with Gasteiger partial charge in [-0.3, -0.25) is 0 Å². The van der Waals surface area contributed by atoms with Crippen LogP contribution in [0.2, 0.25) is 0 Å². The minimum Gasteiger partial charge on any atom is -0.383 e. The zero-order valence-corrected chi connectivity index (χ0v) is 10.6. The van der Waals surface area contributed by atoms with Crippen molar-refractivity contribution in [3.05, 3.63) is 55.0 Å². The molecule has 2 aromatic heterocycles. The molecule has 0 saturated heterocycles. The first kappa shape index (κ1) is 10.9. The summed E-state index contributed by atoms with van der Waals surface area (Å²) in [6, 6.07) is 14.4. The maximum Gasteiger partial charge on any atom is 0.168 e. The topological polar surface area (TPSA) is 69.6 Å². The molecule has 0 spiro atoms. The second kappa shape index (κ2) is 4.03. The van der Waals surface area contributed by atoms with Crippen LogP contribution in [0.1, 0.15) is 0 Å². The molecule has 0 atom stereocenters. The third-order valence-corrected chi connectivity index (χ3v) is 3.37. The molecule has 0 aliphatic heterocycles. The fourth-order valence-electron chi connectivity index (χ4n) is 2.36. The molecule has 20 heavy (non-hydrogen) atoms. The second-order valence-corrected chi connectivity index (χ2v) is 4.58. The van der Waals surface area contributed by atoms with Crippen LogP contribution in [0.4, 0.5) is 5.82 Å². The van der Waals surface area contributed by atoms with Gasteiger partial charge in [-0.1, -0.05) is 30.3 Å². The van der Waals surface area contributed by atoms with E-state index in [4.69, 9.17) is 5.73 Å². The summed E-state index contributed by atoms with van der Waals surface area (Å²) < 4.78 is 1.78. The zero-order valence-electron chi connectivity index (χ0n) is 10.6. The van der Waals surface area contributed by atoms with Gasteiger partial charge in [0.1, 0.15) is 12.1 Å². The molecule has 2 heterocycles. The van der Waals surface area contributed by atoms with Gasteiger partial charge >= 0.3 is 0 Å². The molecule has 0 radical (unpaired) electrons. The Labute approximate surface area is 114 Å². The van der Waals surface area contributed by atoms with Gasteiger partial charge < -0.3 is 5.73 Å². The van der Waals surface area contributed by atoms with Crippen molar-refractivity contribution in [1.29, 1.82) is 0 Å². The van der Waals surface area contributed by atoms with Crippen molar-refractivity contribution in [2.75, 3.05) is 5.73 Å². The molecule has 4 aromatic rings. The highest BCUT2D eigenvalue weighted by atomic mass is 15.3. The summed E-state index contributed by atoms with van der Waals surface area (Å²) in [6.45, 7) is 0. The smallest absolute Gasteiger partial charge is 0.168 e. The molecule has 5 heteroatoms. The number of hydrogen-bond donors (Lipinski definition) is 1. The van der Waals surface area contributed by atoms with E-state index in [0.717, 1.165) is 16.5 Å². The van der Waals surface area contributed by atoms with Crippen molar-refractivity contribution in [3.63, 3.8) is 0 Å². The van der Waals surface area contributed by atoms with Crippen LogP contribution < -0.4 is 5.73 Å². The van der Waals surface area contributed by atoms with Crippen molar-refractivity contribution in [2.24, 2.45) is 0 Å². The summed E-state index contributed by atoms with van der Waals surface area (Å²) in [5.41, 5.74) is 7.50. The lowest BCUT2D eigenvalue weighted by Crippen LogP contribution is -1.99. The fourth-order valence-corrected chi connectivity index (χ4v) is 2.36. The van der Waals surface area contributed by atoms with Gasteiger partial charge in [0.05, 0.1) is 17.3 Å². The minimum absolute atomic E-state index is 0.446. The summed E-state index contributed by atoms with van der Waals surface area (Å²) in [4.78, 5) is 8.25. The SMILES string of the molecule is Nc1ncnc2c1cnn2-c1ccc2ccccc2c1. The highest BCUT2D eigenvalue weighted by Crippen LogP contribution is 2.22. The van der Waals surface area contributed by atoms with E-state index in [1.165, 1.54) is 11.7 Å². The van der Waals surface area contributed by atoms with Crippen LogP contribution >= 0.6 is 0 Å². The molecule has 0 saturated carbocycles.